The first kappa shape index (κ1) is 19.3. The average Bonchev–Trinajstić information content (AvgIpc) is 3.26. The molecular formula is C20H18F2N2O4. The van der Waals surface area contributed by atoms with Crippen molar-refractivity contribution in [3.05, 3.63) is 77.0 Å². The quantitative estimate of drug-likeness (QED) is 0.652. The number of hydrogen-bond acceptors (Lipinski definition) is 4. The monoisotopic (exact) mass is 388 g/mol. The molecule has 146 valence electrons. The molecule has 0 aliphatic heterocycles. The predicted molar refractivity (Wildman–Crippen MR) is 97.0 cm³/mol. The van der Waals surface area contributed by atoms with Crippen LogP contribution < -0.4 is 5.32 Å². The van der Waals surface area contributed by atoms with E-state index in [-0.39, 0.29) is 5.69 Å². The minimum absolute atomic E-state index is 0.314. The predicted octanol–water partition coefficient (Wildman–Crippen LogP) is 3.82. The van der Waals surface area contributed by atoms with Crippen molar-refractivity contribution in [2.75, 3.05) is 11.9 Å². The number of carbonyl (C=O) groups is 2. The third kappa shape index (κ3) is 4.28. The number of furan rings is 1. The van der Waals surface area contributed by atoms with E-state index >= 15 is 0 Å². The molecule has 8 heteroatoms. The highest BCUT2D eigenvalue weighted by Gasteiger charge is 2.19. The Kier molecular flexibility index (Phi) is 5.58. The van der Waals surface area contributed by atoms with Crippen LogP contribution in [0.4, 0.5) is 14.5 Å². The smallest absolute Gasteiger partial charge is 0.340 e. The van der Waals surface area contributed by atoms with E-state index in [0.717, 1.165) is 29.7 Å². The lowest BCUT2D eigenvalue weighted by Crippen LogP contribution is -2.21. The third-order valence-electron chi connectivity index (χ3n) is 4.22. The number of halogens is 2. The lowest BCUT2D eigenvalue weighted by molar-refractivity contribution is -0.119. The van der Waals surface area contributed by atoms with E-state index in [0.29, 0.717) is 17.8 Å². The largest absolute Gasteiger partial charge is 0.467 e. The van der Waals surface area contributed by atoms with Crippen molar-refractivity contribution >= 4 is 17.6 Å². The number of aromatic nitrogens is 1. The number of carbonyl (C=O) groups excluding carboxylic acids is 2. The summed E-state index contributed by atoms with van der Waals surface area (Å²) < 4.78 is 38.9. The molecule has 0 unspecified atom stereocenters. The van der Waals surface area contributed by atoms with Crippen molar-refractivity contribution in [3.8, 4) is 0 Å². The molecule has 0 atom stereocenters. The van der Waals surface area contributed by atoms with Crippen LogP contribution >= 0.6 is 0 Å². The number of hydrogen-bond donors (Lipinski definition) is 1. The van der Waals surface area contributed by atoms with E-state index in [4.69, 9.17) is 9.15 Å². The van der Waals surface area contributed by atoms with Crippen molar-refractivity contribution in [2.24, 2.45) is 0 Å². The van der Waals surface area contributed by atoms with Crippen molar-refractivity contribution in [1.82, 2.24) is 4.57 Å². The van der Waals surface area contributed by atoms with Gasteiger partial charge < -0.3 is 19.0 Å². The second kappa shape index (κ2) is 8.08. The molecule has 0 radical (unpaired) electrons. The fourth-order valence-corrected chi connectivity index (χ4v) is 2.80. The molecule has 0 saturated heterocycles. The Morgan fingerprint density at radius 3 is 2.68 bits per heavy atom. The van der Waals surface area contributed by atoms with Gasteiger partial charge in [-0.15, -0.1) is 0 Å². The van der Waals surface area contributed by atoms with Gasteiger partial charge in [-0.2, -0.15) is 0 Å². The second-order valence-corrected chi connectivity index (χ2v) is 6.20. The summed E-state index contributed by atoms with van der Waals surface area (Å²) in [6.45, 7) is 3.43. The fourth-order valence-electron chi connectivity index (χ4n) is 2.80. The lowest BCUT2D eigenvalue weighted by atomic mass is 10.2. The number of benzene rings is 1. The van der Waals surface area contributed by atoms with Gasteiger partial charge in [0.15, 0.2) is 6.61 Å². The van der Waals surface area contributed by atoms with E-state index in [1.807, 2.05) is 17.6 Å². The Balaban J connectivity index is 1.63. The van der Waals surface area contributed by atoms with Crippen LogP contribution in [0, 0.1) is 25.5 Å². The lowest BCUT2D eigenvalue weighted by Gasteiger charge is -2.09. The average molecular weight is 388 g/mol. The van der Waals surface area contributed by atoms with Gasteiger partial charge in [-0.3, -0.25) is 4.79 Å². The summed E-state index contributed by atoms with van der Waals surface area (Å²) in [6.07, 6.45) is 1.57. The molecule has 0 aliphatic carbocycles. The SMILES string of the molecule is Cc1cc(C(=O)OCC(=O)Nc2cc(F)ccc2F)c(C)n1Cc1ccco1. The first-order valence-corrected chi connectivity index (χ1v) is 8.46. The topological polar surface area (TPSA) is 73.5 Å². The van der Waals surface area contributed by atoms with Crippen LogP contribution in [0.5, 0.6) is 0 Å². The Morgan fingerprint density at radius 2 is 1.96 bits per heavy atom. The first-order chi connectivity index (χ1) is 13.3. The maximum absolute atomic E-state index is 13.5. The molecule has 1 aromatic carbocycles. The number of rotatable bonds is 6. The summed E-state index contributed by atoms with van der Waals surface area (Å²) in [6, 6.07) is 7.93. The zero-order valence-corrected chi connectivity index (χ0v) is 15.3. The van der Waals surface area contributed by atoms with Crippen molar-refractivity contribution in [1.29, 1.82) is 0 Å². The van der Waals surface area contributed by atoms with E-state index in [1.165, 1.54) is 0 Å². The minimum Gasteiger partial charge on any atom is -0.467 e. The van der Waals surface area contributed by atoms with E-state index in [2.05, 4.69) is 5.32 Å². The van der Waals surface area contributed by atoms with E-state index in [9.17, 15) is 18.4 Å². The summed E-state index contributed by atoms with van der Waals surface area (Å²) >= 11 is 0. The molecule has 28 heavy (non-hydrogen) atoms. The zero-order chi connectivity index (χ0) is 20.3. The maximum atomic E-state index is 13.5. The molecule has 3 rings (SSSR count). The Labute approximate surface area is 159 Å². The van der Waals surface area contributed by atoms with E-state index in [1.54, 1.807) is 25.3 Å². The summed E-state index contributed by atoms with van der Waals surface area (Å²) in [5.74, 6) is -2.21. The van der Waals surface area contributed by atoms with Gasteiger partial charge in [0.05, 0.1) is 24.1 Å². The van der Waals surface area contributed by atoms with Gasteiger partial charge in [0, 0.05) is 17.5 Å². The van der Waals surface area contributed by atoms with Gasteiger partial charge in [0.1, 0.15) is 17.4 Å². The highest BCUT2D eigenvalue weighted by molar-refractivity contribution is 5.96. The van der Waals surface area contributed by atoms with Gasteiger partial charge in [0.25, 0.3) is 5.91 Å². The molecule has 1 amide bonds. The highest BCUT2D eigenvalue weighted by atomic mass is 19.1. The van der Waals surface area contributed by atoms with Crippen LogP contribution in [0.1, 0.15) is 27.5 Å². The number of esters is 1. The maximum Gasteiger partial charge on any atom is 0.340 e. The second-order valence-electron chi connectivity index (χ2n) is 6.20. The molecule has 6 nitrogen and oxygen atoms in total. The zero-order valence-electron chi connectivity index (χ0n) is 15.3. The summed E-state index contributed by atoms with van der Waals surface area (Å²) in [5.41, 5.74) is 1.48. The normalized spacial score (nSPS) is 10.7. The minimum atomic E-state index is -0.789. The van der Waals surface area contributed by atoms with Gasteiger partial charge in [0.2, 0.25) is 0 Å². The highest BCUT2D eigenvalue weighted by Crippen LogP contribution is 2.19. The van der Waals surface area contributed by atoms with Gasteiger partial charge in [-0.05, 0) is 44.2 Å². The van der Waals surface area contributed by atoms with Crippen LogP contribution in [0.2, 0.25) is 0 Å². The van der Waals surface area contributed by atoms with Gasteiger partial charge in [-0.1, -0.05) is 0 Å². The summed E-state index contributed by atoms with van der Waals surface area (Å²) in [4.78, 5) is 24.2. The molecule has 0 aliphatic rings. The van der Waals surface area contributed by atoms with E-state index < -0.39 is 30.1 Å². The van der Waals surface area contributed by atoms with Crippen LogP contribution in [-0.4, -0.2) is 23.1 Å². The first-order valence-electron chi connectivity index (χ1n) is 8.46. The number of nitrogens with zero attached hydrogens (tertiary/aromatic N) is 1. The third-order valence-corrected chi connectivity index (χ3v) is 4.22. The molecule has 2 aromatic heterocycles. The molecule has 2 heterocycles. The molecule has 0 saturated carbocycles. The Morgan fingerprint density at radius 1 is 1.18 bits per heavy atom. The van der Waals surface area contributed by atoms with Crippen molar-refractivity contribution < 1.29 is 27.5 Å². The molecule has 0 spiro atoms. The molecular weight excluding hydrogens is 370 g/mol. The number of amides is 1. The molecule has 1 N–H and O–H groups in total. The molecule has 0 fully saturated rings. The Bertz CT molecular complexity index is 1010. The summed E-state index contributed by atoms with van der Waals surface area (Å²) in [7, 11) is 0. The molecule has 0 bridgehead atoms. The van der Waals surface area contributed by atoms with Crippen LogP contribution in [0.3, 0.4) is 0 Å². The van der Waals surface area contributed by atoms with Crippen LogP contribution in [0.25, 0.3) is 0 Å². The number of ether oxygens (including phenoxy) is 1. The number of anilines is 1. The Hall–Kier alpha value is -3.42. The summed E-state index contributed by atoms with van der Waals surface area (Å²) in [5, 5.41) is 2.17. The van der Waals surface area contributed by atoms with Crippen LogP contribution in [0.15, 0.2) is 47.1 Å². The number of nitrogens with one attached hydrogen (secondary N) is 1. The van der Waals surface area contributed by atoms with Gasteiger partial charge >= 0.3 is 5.97 Å². The fraction of sp³-hybridized carbons (Fsp3) is 0.200. The standard InChI is InChI=1S/C20H18F2N2O4/c1-12-8-16(13(2)24(12)10-15-4-3-7-27-15)20(26)28-11-19(25)23-18-9-14(21)5-6-17(18)22/h3-9H,10-11H2,1-2H3,(H,23,25). The van der Waals surface area contributed by atoms with Gasteiger partial charge in [-0.25, -0.2) is 13.6 Å². The molecule has 3 aromatic rings. The van der Waals surface area contributed by atoms with Crippen LogP contribution in [-0.2, 0) is 16.1 Å². The number of aryl methyl sites for hydroxylation is 1. The van der Waals surface area contributed by atoms with Crippen molar-refractivity contribution in [3.63, 3.8) is 0 Å². The van der Waals surface area contributed by atoms with Crippen molar-refractivity contribution in [2.45, 2.75) is 20.4 Å².